The lowest BCUT2D eigenvalue weighted by Crippen LogP contribution is -2.30. The number of benzene rings is 9. The molecule has 1 aromatic heterocycles. The molecule has 1 aliphatic rings. The maximum absolute atomic E-state index is 15.9. The minimum absolute atomic E-state index is 0.299. The van der Waals surface area contributed by atoms with Gasteiger partial charge in [-0.25, -0.2) is 9.74 Å². The van der Waals surface area contributed by atoms with E-state index in [4.69, 9.17) is 6.57 Å². The summed E-state index contributed by atoms with van der Waals surface area (Å²) < 4.78 is 2.16. The number of nitrogens with zero attached hydrogens (tertiary/aromatic N) is 4. The monoisotopic (exact) mass is 846 g/mol. The first-order chi connectivity index (χ1) is 32.3. The third kappa shape index (κ3) is 6.32. The maximum atomic E-state index is 15.9. The number of carbonyl (C=O) groups is 2. The van der Waals surface area contributed by atoms with Gasteiger partial charge in [-0.2, -0.15) is 5.26 Å². The molecule has 10 aromatic rings. The molecule has 0 radical (unpaired) electrons. The van der Waals surface area contributed by atoms with E-state index in [1.54, 1.807) is 6.07 Å². The number of aryl methyl sites for hydroxylation is 2. The number of hydrogen-bond donors (Lipinski definition) is 0. The summed E-state index contributed by atoms with van der Waals surface area (Å²) in [5.74, 6) is -0.835. The minimum Gasteiger partial charge on any atom is -0.307 e. The third-order valence-electron chi connectivity index (χ3n) is 12.8. The van der Waals surface area contributed by atoms with Crippen molar-refractivity contribution in [3.63, 3.8) is 0 Å². The van der Waals surface area contributed by atoms with Crippen molar-refractivity contribution in [2.75, 3.05) is 4.90 Å². The SMILES string of the molecule is [C-]#[N+]c1ccc(-c2cccc3c4cccc(-c5ccc(C#N)cc5C)c4n(-c4cccc5c4C(=O)N(c4c(-c6ccccc6)cc(-c6ccccc6)cc4-c4ccccc4)C5=O)c23)c(C)c1. The van der Waals surface area contributed by atoms with Gasteiger partial charge in [0.1, 0.15) is 0 Å². The van der Waals surface area contributed by atoms with Crippen LogP contribution in [0, 0.1) is 31.8 Å². The highest BCUT2D eigenvalue weighted by molar-refractivity contribution is 6.37. The number of anilines is 1. The van der Waals surface area contributed by atoms with Crippen molar-refractivity contribution in [2.24, 2.45) is 0 Å². The zero-order chi connectivity index (χ0) is 45.1. The van der Waals surface area contributed by atoms with Crippen LogP contribution in [0.5, 0.6) is 0 Å². The second-order valence-corrected chi connectivity index (χ2v) is 16.7. The number of imide groups is 1. The van der Waals surface area contributed by atoms with Crippen molar-refractivity contribution in [3.05, 3.63) is 233 Å². The fraction of sp³-hybridized carbons (Fsp3) is 0.0333. The van der Waals surface area contributed by atoms with E-state index < -0.39 is 11.8 Å². The second-order valence-electron chi connectivity index (χ2n) is 16.7. The van der Waals surface area contributed by atoms with E-state index in [1.807, 2.05) is 153 Å². The van der Waals surface area contributed by atoms with E-state index in [9.17, 15) is 5.26 Å². The highest BCUT2D eigenvalue weighted by atomic mass is 16.2. The largest absolute Gasteiger partial charge is 0.307 e. The Morgan fingerprint density at radius 2 is 0.985 bits per heavy atom. The molecule has 11 rings (SSSR count). The van der Waals surface area contributed by atoms with Gasteiger partial charge in [-0.05, 0) is 89.2 Å². The van der Waals surface area contributed by atoms with Crippen molar-refractivity contribution in [1.29, 1.82) is 5.26 Å². The first-order valence-corrected chi connectivity index (χ1v) is 21.8. The molecular weight excluding hydrogens is 809 g/mol. The zero-order valence-electron chi connectivity index (χ0n) is 36.1. The molecule has 0 N–H and O–H groups in total. The van der Waals surface area contributed by atoms with E-state index in [0.29, 0.717) is 33.8 Å². The van der Waals surface area contributed by atoms with Gasteiger partial charge in [0.05, 0.1) is 51.7 Å². The van der Waals surface area contributed by atoms with Gasteiger partial charge in [0, 0.05) is 33.0 Å². The van der Waals surface area contributed by atoms with Crippen molar-refractivity contribution in [2.45, 2.75) is 13.8 Å². The number of para-hydroxylation sites is 2. The average Bonchev–Trinajstić information content (AvgIpc) is 3.84. The predicted molar refractivity (Wildman–Crippen MR) is 266 cm³/mol. The number of fused-ring (bicyclic) bond motifs is 4. The molecule has 310 valence electrons. The van der Waals surface area contributed by atoms with Crippen LogP contribution < -0.4 is 4.90 Å². The Morgan fingerprint density at radius 3 is 1.52 bits per heavy atom. The Morgan fingerprint density at radius 1 is 0.470 bits per heavy atom. The van der Waals surface area contributed by atoms with Crippen molar-refractivity contribution in [3.8, 4) is 67.4 Å². The molecule has 9 aromatic carbocycles. The van der Waals surface area contributed by atoms with Gasteiger partial charge >= 0.3 is 0 Å². The summed E-state index contributed by atoms with van der Waals surface area (Å²) in [6, 6.07) is 66.0. The molecule has 2 amide bonds. The molecule has 0 aliphatic carbocycles. The van der Waals surface area contributed by atoms with Crippen LogP contribution in [0.1, 0.15) is 37.4 Å². The quantitative estimate of drug-likeness (QED) is 0.118. The maximum Gasteiger partial charge on any atom is 0.268 e. The Kier molecular flexibility index (Phi) is 9.58. The molecule has 0 unspecified atom stereocenters. The van der Waals surface area contributed by atoms with Crippen molar-refractivity contribution >= 4 is 45.0 Å². The van der Waals surface area contributed by atoms with Crippen LogP contribution in [-0.2, 0) is 0 Å². The normalized spacial score (nSPS) is 12.1. The molecule has 1 aliphatic heterocycles. The minimum atomic E-state index is -0.426. The topological polar surface area (TPSA) is 70.5 Å². The molecular formula is C60H38N4O2. The molecule has 66 heavy (non-hydrogen) atoms. The highest BCUT2D eigenvalue weighted by Crippen LogP contribution is 2.49. The predicted octanol–water partition coefficient (Wildman–Crippen LogP) is 15.0. The first-order valence-electron chi connectivity index (χ1n) is 21.8. The number of amides is 2. The summed E-state index contributed by atoms with van der Waals surface area (Å²) in [5, 5.41) is 11.7. The standard InChI is InChI=1S/C60H38N4O2/c1-37-32-39(36-61)28-30-45(37)47-22-13-24-49-50-25-14-23-48(46-31-29-44(62-3)33-38(46)2)57(50)63(56(47)49)54-27-15-26-51-55(54)60(66)64(59(51)65)58-52(41-18-9-5-10-19-41)34-43(40-16-7-4-8-17-40)35-53(58)42-20-11-6-12-21-42/h4-35H,1-2H3. The van der Waals surface area contributed by atoms with Crippen LogP contribution in [0.15, 0.2) is 194 Å². The average molecular weight is 847 g/mol. The summed E-state index contributed by atoms with van der Waals surface area (Å²) in [6.07, 6.45) is 0. The fourth-order valence-electron chi connectivity index (χ4n) is 9.85. The van der Waals surface area contributed by atoms with Crippen LogP contribution in [0.25, 0.3) is 88.0 Å². The number of aromatic nitrogens is 1. The molecule has 0 saturated heterocycles. The zero-order valence-corrected chi connectivity index (χ0v) is 36.1. The van der Waals surface area contributed by atoms with Gasteiger partial charge in [-0.15, -0.1) is 0 Å². The van der Waals surface area contributed by atoms with Crippen LogP contribution in [-0.4, -0.2) is 16.4 Å². The molecule has 6 nitrogen and oxygen atoms in total. The molecule has 0 bridgehead atoms. The van der Waals surface area contributed by atoms with Gasteiger partial charge in [-0.3, -0.25) is 9.59 Å². The number of carbonyl (C=O) groups excluding carboxylic acids is 2. The van der Waals surface area contributed by atoms with Crippen LogP contribution in [0.2, 0.25) is 0 Å². The Labute approximate surface area is 382 Å². The van der Waals surface area contributed by atoms with E-state index in [1.165, 1.54) is 4.90 Å². The Bertz CT molecular complexity index is 3540. The molecule has 0 saturated carbocycles. The number of hydrogen-bond acceptors (Lipinski definition) is 3. The smallest absolute Gasteiger partial charge is 0.268 e. The van der Waals surface area contributed by atoms with Gasteiger partial charge < -0.3 is 4.57 Å². The molecule has 0 fully saturated rings. The fourth-order valence-corrected chi connectivity index (χ4v) is 9.85. The summed E-state index contributed by atoms with van der Waals surface area (Å²) in [5.41, 5.74) is 15.3. The van der Waals surface area contributed by atoms with Gasteiger partial charge in [0.25, 0.3) is 11.8 Å². The second kappa shape index (κ2) is 15.9. The van der Waals surface area contributed by atoms with Gasteiger partial charge in [0.2, 0.25) is 0 Å². The van der Waals surface area contributed by atoms with Gasteiger partial charge in [0.15, 0.2) is 5.69 Å². The molecule has 2 heterocycles. The number of nitriles is 1. The van der Waals surface area contributed by atoms with E-state index in [0.717, 1.165) is 88.6 Å². The van der Waals surface area contributed by atoms with Crippen molar-refractivity contribution < 1.29 is 9.59 Å². The van der Waals surface area contributed by atoms with Crippen LogP contribution in [0.4, 0.5) is 11.4 Å². The van der Waals surface area contributed by atoms with Crippen LogP contribution >= 0.6 is 0 Å². The summed E-state index contributed by atoms with van der Waals surface area (Å²) >= 11 is 0. The first kappa shape index (κ1) is 39.7. The van der Waals surface area contributed by atoms with Crippen molar-refractivity contribution in [1.82, 2.24) is 4.57 Å². The summed E-state index contributed by atoms with van der Waals surface area (Å²) in [6.45, 7) is 11.7. The molecule has 0 atom stereocenters. The summed E-state index contributed by atoms with van der Waals surface area (Å²) in [7, 11) is 0. The van der Waals surface area contributed by atoms with E-state index in [2.05, 4.69) is 64.0 Å². The molecule has 0 spiro atoms. The lowest BCUT2D eigenvalue weighted by Gasteiger charge is -2.24. The lowest BCUT2D eigenvalue weighted by atomic mass is 9.90. The lowest BCUT2D eigenvalue weighted by molar-refractivity contribution is 0.0926. The Balaban J connectivity index is 1.22. The molecule has 6 heteroatoms. The third-order valence-corrected chi connectivity index (χ3v) is 12.8. The van der Waals surface area contributed by atoms with E-state index >= 15 is 9.59 Å². The number of rotatable bonds is 7. The highest BCUT2D eigenvalue weighted by Gasteiger charge is 2.42. The van der Waals surface area contributed by atoms with E-state index in [-0.39, 0.29) is 0 Å². The van der Waals surface area contributed by atoms with Crippen LogP contribution in [0.3, 0.4) is 0 Å². The Hall–Kier alpha value is -9.10. The summed E-state index contributed by atoms with van der Waals surface area (Å²) in [4.78, 5) is 36.4. The van der Waals surface area contributed by atoms with Gasteiger partial charge in [-0.1, -0.05) is 163 Å².